The molecule has 6 nitrogen and oxygen atoms in total. The third-order valence-electron chi connectivity index (χ3n) is 6.42. The second-order valence-electron chi connectivity index (χ2n) is 8.69. The highest BCUT2D eigenvalue weighted by Gasteiger charge is 2.40. The number of hydrogen-bond acceptors (Lipinski definition) is 5. The fraction of sp³-hybridized carbons (Fsp3) is 0.739. The number of carbonyl (C=O) groups excluding carboxylic acids is 1. The number of fused-ring (bicyclic) bond motifs is 1. The van der Waals surface area contributed by atoms with Gasteiger partial charge >= 0.3 is 11.9 Å². The van der Waals surface area contributed by atoms with Crippen molar-refractivity contribution in [1.82, 2.24) is 0 Å². The predicted molar refractivity (Wildman–Crippen MR) is 110 cm³/mol. The minimum absolute atomic E-state index is 0.0586. The number of aliphatic hydroxyl groups excluding tert-OH is 2. The highest BCUT2D eigenvalue weighted by atomic mass is 16.5. The maximum absolute atomic E-state index is 12.4. The van der Waals surface area contributed by atoms with Gasteiger partial charge in [0.05, 0.1) is 24.5 Å². The van der Waals surface area contributed by atoms with Gasteiger partial charge in [-0.05, 0) is 55.9 Å². The van der Waals surface area contributed by atoms with E-state index in [9.17, 15) is 19.8 Å². The Morgan fingerprint density at radius 1 is 1.28 bits per heavy atom. The van der Waals surface area contributed by atoms with Gasteiger partial charge in [-0.15, -0.1) is 0 Å². The molecule has 0 radical (unpaired) electrons. The molecule has 0 amide bonds. The van der Waals surface area contributed by atoms with E-state index >= 15 is 0 Å². The summed E-state index contributed by atoms with van der Waals surface area (Å²) < 4.78 is 5.93. The first-order valence-corrected chi connectivity index (χ1v) is 10.9. The topological polar surface area (TPSA) is 104 Å². The standard InChI is InChI=1S/C23H36O6/c1-4-14(2)23(28)29-20-7-5-6-16-9-8-15(3)19(22(16)20)11-10-17(24)12-18(25)13-21(26)27/h6,8-9,14-15,17-20,22,24-25H,4-5,7,10-13H2,1-3H3,(H,26,27)/t14-,15-,17?,18+,19-,20-,22?/m0/s1. The number of ether oxygens (including phenoxy) is 1. The van der Waals surface area contributed by atoms with E-state index in [1.54, 1.807) is 0 Å². The average Bonchev–Trinajstić information content (AvgIpc) is 2.66. The van der Waals surface area contributed by atoms with Crippen molar-refractivity contribution >= 4 is 11.9 Å². The summed E-state index contributed by atoms with van der Waals surface area (Å²) in [6.07, 6.45) is 7.97. The molecule has 2 aliphatic carbocycles. The molecule has 164 valence electrons. The number of allylic oxidation sites excluding steroid dienone is 3. The number of carboxylic acid groups (broad SMARTS) is 1. The molecule has 0 bridgehead atoms. The van der Waals surface area contributed by atoms with Gasteiger partial charge in [0.1, 0.15) is 6.10 Å². The van der Waals surface area contributed by atoms with Crippen molar-refractivity contribution < 1.29 is 29.6 Å². The largest absolute Gasteiger partial charge is 0.481 e. The van der Waals surface area contributed by atoms with Crippen LogP contribution in [0.5, 0.6) is 0 Å². The summed E-state index contributed by atoms with van der Waals surface area (Å²) in [5.74, 6) is -0.691. The van der Waals surface area contributed by atoms with E-state index in [0.29, 0.717) is 6.42 Å². The predicted octanol–water partition coefficient (Wildman–Crippen LogP) is 3.47. The van der Waals surface area contributed by atoms with Crippen LogP contribution in [0.15, 0.2) is 23.8 Å². The van der Waals surface area contributed by atoms with Gasteiger partial charge in [-0.3, -0.25) is 9.59 Å². The Balaban J connectivity index is 2.03. The molecular formula is C23H36O6. The zero-order chi connectivity index (χ0) is 21.6. The van der Waals surface area contributed by atoms with Crippen LogP contribution in [-0.2, 0) is 14.3 Å². The maximum Gasteiger partial charge on any atom is 0.308 e. The summed E-state index contributed by atoms with van der Waals surface area (Å²) in [6, 6.07) is 0. The van der Waals surface area contributed by atoms with E-state index in [-0.39, 0.29) is 48.6 Å². The minimum atomic E-state index is -1.07. The van der Waals surface area contributed by atoms with Crippen molar-refractivity contribution in [2.45, 2.75) is 84.0 Å². The van der Waals surface area contributed by atoms with Crippen molar-refractivity contribution in [2.24, 2.45) is 23.7 Å². The van der Waals surface area contributed by atoms with Gasteiger partial charge in [-0.1, -0.05) is 39.0 Å². The van der Waals surface area contributed by atoms with E-state index in [0.717, 1.165) is 25.7 Å². The molecule has 2 unspecified atom stereocenters. The number of aliphatic hydroxyl groups is 2. The lowest BCUT2D eigenvalue weighted by Crippen LogP contribution is -2.40. The maximum atomic E-state index is 12.4. The average molecular weight is 409 g/mol. The molecule has 6 heteroatoms. The summed E-state index contributed by atoms with van der Waals surface area (Å²) >= 11 is 0. The molecule has 0 spiro atoms. The molecule has 2 aliphatic rings. The highest BCUT2D eigenvalue weighted by molar-refractivity contribution is 5.72. The first-order chi connectivity index (χ1) is 13.7. The fourth-order valence-corrected chi connectivity index (χ4v) is 4.49. The van der Waals surface area contributed by atoms with E-state index < -0.39 is 18.2 Å². The van der Waals surface area contributed by atoms with Crippen LogP contribution in [0.1, 0.15) is 65.7 Å². The molecule has 2 rings (SSSR count). The van der Waals surface area contributed by atoms with Crippen molar-refractivity contribution in [3.05, 3.63) is 23.8 Å². The fourth-order valence-electron chi connectivity index (χ4n) is 4.49. The van der Waals surface area contributed by atoms with Crippen LogP contribution in [0.2, 0.25) is 0 Å². The molecule has 0 aromatic rings. The van der Waals surface area contributed by atoms with Crippen LogP contribution >= 0.6 is 0 Å². The lowest BCUT2D eigenvalue weighted by molar-refractivity contribution is -0.158. The third-order valence-corrected chi connectivity index (χ3v) is 6.42. The van der Waals surface area contributed by atoms with Crippen LogP contribution < -0.4 is 0 Å². The number of esters is 1. The lowest BCUT2D eigenvalue weighted by Gasteiger charge is -2.42. The van der Waals surface area contributed by atoms with E-state index in [4.69, 9.17) is 9.84 Å². The Bertz CT molecular complexity index is 625. The molecule has 0 heterocycles. The summed E-state index contributed by atoms with van der Waals surface area (Å²) in [5.41, 5.74) is 1.21. The van der Waals surface area contributed by atoms with Crippen LogP contribution in [-0.4, -0.2) is 45.6 Å². The Labute approximate surface area is 173 Å². The van der Waals surface area contributed by atoms with Crippen LogP contribution in [0.25, 0.3) is 0 Å². The zero-order valence-electron chi connectivity index (χ0n) is 17.8. The number of carbonyl (C=O) groups is 2. The van der Waals surface area contributed by atoms with Crippen molar-refractivity contribution in [2.75, 3.05) is 0 Å². The van der Waals surface area contributed by atoms with Crippen LogP contribution in [0.4, 0.5) is 0 Å². The lowest BCUT2D eigenvalue weighted by atomic mass is 9.66. The number of aliphatic carboxylic acids is 1. The van der Waals surface area contributed by atoms with Gasteiger partial charge in [0.15, 0.2) is 0 Å². The number of hydrogen-bond donors (Lipinski definition) is 3. The van der Waals surface area contributed by atoms with E-state index in [1.807, 2.05) is 13.8 Å². The number of rotatable bonds is 10. The Morgan fingerprint density at radius 2 is 2.00 bits per heavy atom. The van der Waals surface area contributed by atoms with E-state index in [1.165, 1.54) is 5.57 Å². The summed E-state index contributed by atoms with van der Waals surface area (Å²) in [6.45, 7) is 6.01. The molecule has 0 fully saturated rings. The first kappa shape index (κ1) is 23.6. The second-order valence-corrected chi connectivity index (χ2v) is 8.69. The Kier molecular flexibility index (Phi) is 8.90. The minimum Gasteiger partial charge on any atom is -0.481 e. The zero-order valence-corrected chi connectivity index (χ0v) is 17.8. The molecule has 0 saturated heterocycles. The number of carboxylic acids is 1. The molecule has 3 N–H and O–H groups in total. The van der Waals surface area contributed by atoms with Gasteiger partial charge < -0.3 is 20.1 Å². The van der Waals surface area contributed by atoms with Crippen LogP contribution in [0.3, 0.4) is 0 Å². The normalized spacial score (nSPS) is 29.3. The van der Waals surface area contributed by atoms with Gasteiger partial charge in [0, 0.05) is 5.92 Å². The molecule has 29 heavy (non-hydrogen) atoms. The molecule has 0 aromatic heterocycles. The Morgan fingerprint density at radius 3 is 2.66 bits per heavy atom. The quantitative estimate of drug-likeness (QED) is 0.478. The summed E-state index contributed by atoms with van der Waals surface area (Å²) in [7, 11) is 0. The van der Waals surface area contributed by atoms with Gasteiger partial charge in [-0.2, -0.15) is 0 Å². The molecule has 0 saturated carbocycles. The summed E-state index contributed by atoms with van der Waals surface area (Å²) in [4.78, 5) is 23.1. The third kappa shape index (κ3) is 6.68. The van der Waals surface area contributed by atoms with Crippen LogP contribution in [0, 0.1) is 23.7 Å². The van der Waals surface area contributed by atoms with Crippen molar-refractivity contribution in [3.8, 4) is 0 Å². The van der Waals surface area contributed by atoms with Crippen molar-refractivity contribution in [1.29, 1.82) is 0 Å². The summed E-state index contributed by atoms with van der Waals surface area (Å²) in [5, 5.41) is 28.8. The SMILES string of the molecule is CC[C@H](C)C(=O)O[C@H]1CCC=C2C=C[C@H](C)[C@H](CCC(O)C[C@@H](O)CC(=O)O)C21. The Hall–Kier alpha value is -1.66. The van der Waals surface area contributed by atoms with Crippen molar-refractivity contribution in [3.63, 3.8) is 0 Å². The highest BCUT2D eigenvalue weighted by Crippen LogP contribution is 2.44. The monoisotopic (exact) mass is 408 g/mol. The van der Waals surface area contributed by atoms with E-state index in [2.05, 4.69) is 25.2 Å². The van der Waals surface area contributed by atoms with Gasteiger partial charge in [0.25, 0.3) is 0 Å². The molecule has 0 aromatic carbocycles. The first-order valence-electron chi connectivity index (χ1n) is 10.9. The van der Waals surface area contributed by atoms with Gasteiger partial charge in [-0.25, -0.2) is 0 Å². The van der Waals surface area contributed by atoms with Gasteiger partial charge in [0.2, 0.25) is 0 Å². The molecular weight excluding hydrogens is 372 g/mol. The molecule has 7 atom stereocenters. The molecule has 0 aliphatic heterocycles. The smallest absolute Gasteiger partial charge is 0.308 e. The second kappa shape index (κ2) is 10.9.